The second-order valence-electron chi connectivity index (χ2n) is 3.15. The van der Waals surface area contributed by atoms with Crippen LogP contribution in [-0.2, 0) is 0 Å². The molecule has 1 aromatic carbocycles. The highest BCUT2D eigenvalue weighted by molar-refractivity contribution is 8.14. The number of benzene rings is 1. The Labute approximate surface area is 88.0 Å². The van der Waals surface area contributed by atoms with Crippen molar-refractivity contribution >= 4 is 22.6 Å². The number of amidine groups is 1. The standard InChI is InChI=1S/C10H13N3S/c1-8-3-2-4-9(7-8)12-13-10-11-5-6-14-10/h2-4,7,12H,5-6H2,1H3,(H,11,13). The van der Waals surface area contributed by atoms with Gasteiger partial charge >= 0.3 is 0 Å². The van der Waals surface area contributed by atoms with E-state index >= 15 is 0 Å². The van der Waals surface area contributed by atoms with Crippen LogP contribution in [0.25, 0.3) is 0 Å². The predicted octanol–water partition coefficient (Wildman–Crippen LogP) is 2.01. The Morgan fingerprint density at radius 3 is 3.00 bits per heavy atom. The van der Waals surface area contributed by atoms with E-state index in [0.29, 0.717) is 0 Å². The molecule has 0 spiro atoms. The van der Waals surface area contributed by atoms with E-state index in [9.17, 15) is 0 Å². The van der Waals surface area contributed by atoms with Gasteiger partial charge in [-0.2, -0.15) is 0 Å². The summed E-state index contributed by atoms with van der Waals surface area (Å²) >= 11 is 1.74. The van der Waals surface area contributed by atoms with Crippen molar-refractivity contribution in [3.05, 3.63) is 29.8 Å². The topological polar surface area (TPSA) is 36.4 Å². The Hall–Kier alpha value is -1.16. The molecule has 0 unspecified atom stereocenters. The summed E-state index contributed by atoms with van der Waals surface area (Å²) in [5.41, 5.74) is 8.53. The van der Waals surface area contributed by atoms with Crippen LogP contribution in [0.4, 0.5) is 5.69 Å². The third-order valence-corrected chi connectivity index (χ3v) is 2.81. The second-order valence-corrected chi connectivity index (χ2v) is 4.24. The van der Waals surface area contributed by atoms with Crippen molar-refractivity contribution in [2.75, 3.05) is 17.7 Å². The van der Waals surface area contributed by atoms with Gasteiger partial charge < -0.3 is 0 Å². The summed E-state index contributed by atoms with van der Waals surface area (Å²) in [6, 6.07) is 8.23. The molecule has 0 bridgehead atoms. The van der Waals surface area contributed by atoms with Crippen LogP contribution >= 0.6 is 11.8 Å². The molecule has 14 heavy (non-hydrogen) atoms. The molecule has 0 fully saturated rings. The average molecular weight is 207 g/mol. The third kappa shape index (κ3) is 2.42. The molecule has 1 aliphatic rings. The summed E-state index contributed by atoms with van der Waals surface area (Å²) in [5, 5.41) is 0.978. The zero-order valence-corrected chi connectivity index (χ0v) is 8.90. The van der Waals surface area contributed by atoms with Crippen LogP contribution in [0.2, 0.25) is 0 Å². The van der Waals surface area contributed by atoms with Gasteiger partial charge in [-0.3, -0.25) is 15.8 Å². The maximum absolute atomic E-state index is 4.28. The van der Waals surface area contributed by atoms with Gasteiger partial charge in [0.05, 0.1) is 12.2 Å². The largest absolute Gasteiger partial charge is 0.299 e. The molecule has 0 atom stereocenters. The van der Waals surface area contributed by atoms with Gasteiger partial charge in [0.2, 0.25) is 0 Å². The first kappa shape index (κ1) is 9.40. The Morgan fingerprint density at radius 2 is 2.29 bits per heavy atom. The summed E-state index contributed by atoms with van der Waals surface area (Å²) in [6.45, 7) is 3.00. The highest BCUT2D eigenvalue weighted by atomic mass is 32.2. The lowest BCUT2D eigenvalue weighted by molar-refractivity contribution is 1.10. The average Bonchev–Trinajstić information content (AvgIpc) is 2.67. The summed E-state index contributed by atoms with van der Waals surface area (Å²) in [5.74, 6) is 1.08. The number of thioether (sulfide) groups is 1. The lowest BCUT2D eigenvalue weighted by Gasteiger charge is -2.08. The predicted molar refractivity (Wildman–Crippen MR) is 62.7 cm³/mol. The first-order valence-electron chi connectivity index (χ1n) is 4.60. The minimum Gasteiger partial charge on any atom is -0.299 e. The van der Waals surface area contributed by atoms with Crippen molar-refractivity contribution in [3.63, 3.8) is 0 Å². The van der Waals surface area contributed by atoms with E-state index in [1.807, 2.05) is 12.1 Å². The lowest BCUT2D eigenvalue weighted by atomic mass is 10.2. The smallest absolute Gasteiger partial charge is 0.175 e. The van der Waals surface area contributed by atoms with Crippen LogP contribution in [0.3, 0.4) is 0 Å². The molecule has 4 heteroatoms. The van der Waals surface area contributed by atoms with Gasteiger partial charge in [-0.25, -0.2) is 0 Å². The molecule has 0 aromatic heterocycles. The van der Waals surface area contributed by atoms with Crippen LogP contribution in [0.5, 0.6) is 0 Å². The van der Waals surface area contributed by atoms with Crippen molar-refractivity contribution in [3.8, 4) is 0 Å². The molecule has 0 amide bonds. The molecule has 0 radical (unpaired) electrons. The fraction of sp³-hybridized carbons (Fsp3) is 0.300. The fourth-order valence-corrected chi connectivity index (χ4v) is 1.94. The summed E-state index contributed by atoms with van der Waals surface area (Å²) in [7, 11) is 0. The highest BCUT2D eigenvalue weighted by Crippen LogP contribution is 2.11. The fourth-order valence-electron chi connectivity index (χ4n) is 1.26. The lowest BCUT2D eigenvalue weighted by Crippen LogP contribution is -2.25. The van der Waals surface area contributed by atoms with Crippen LogP contribution < -0.4 is 10.9 Å². The number of anilines is 1. The summed E-state index contributed by atoms with van der Waals surface area (Å²) < 4.78 is 0. The Morgan fingerprint density at radius 1 is 1.36 bits per heavy atom. The second kappa shape index (κ2) is 4.37. The maximum Gasteiger partial charge on any atom is 0.175 e. The number of hydrogen-bond donors (Lipinski definition) is 2. The highest BCUT2D eigenvalue weighted by Gasteiger charge is 2.05. The van der Waals surface area contributed by atoms with Crippen molar-refractivity contribution < 1.29 is 0 Å². The summed E-state index contributed by atoms with van der Waals surface area (Å²) in [6.07, 6.45) is 0. The minimum atomic E-state index is 0.919. The van der Waals surface area contributed by atoms with E-state index in [1.54, 1.807) is 11.8 Å². The molecule has 74 valence electrons. The number of hydrogen-bond acceptors (Lipinski definition) is 4. The molecule has 3 nitrogen and oxygen atoms in total. The first-order valence-corrected chi connectivity index (χ1v) is 5.59. The SMILES string of the molecule is Cc1cccc(NNC2=NCCS2)c1. The molecule has 0 saturated heterocycles. The molecule has 1 aliphatic heterocycles. The molecule has 0 saturated carbocycles. The van der Waals surface area contributed by atoms with Gasteiger partial charge in [0, 0.05) is 5.75 Å². The number of aliphatic imine (C=N–C) groups is 1. The van der Waals surface area contributed by atoms with E-state index in [2.05, 4.69) is 34.9 Å². The van der Waals surface area contributed by atoms with E-state index in [-0.39, 0.29) is 0 Å². The molecule has 2 rings (SSSR count). The quantitative estimate of drug-likeness (QED) is 0.728. The van der Waals surface area contributed by atoms with Crippen LogP contribution in [0.15, 0.2) is 29.3 Å². The van der Waals surface area contributed by atoms with E-state index in [4.69, 9.17) is 0 Å². The van der Waals surface area contributed by atoms with E-state index < -0.39 is 0 Å². The molecule has 1 heterocycles. The molecule has 0 aliphatic carbocycles. The first-order chi connectivity index (χ1) is 6.84. The van der Waals surface area contributed by atoms with Crippen molar-refractivity contribution in [1.82, 2.24) is 5.43 Å². The Balaban J connectivity index is 1.91. The van der Waals surface area contributed by atoms with Gasteiger partial charge in [0.15, 0.2) is 5.17 Å². The van der Waals surface area contributed by atoms with Gasteiger partial charge in [-0.15, -0.1) is 0 Å². The number of aryl methyl sites for hydroxylation is 1. The Kier molecular flexibility index (Phi) is 2.93. The summed E-state index contributed by atoms with van der Waals surface area (Å²) in [4.78, 5) is 4.28. The molecule has 2 N–H and O–H groups in total. The Bertz CT molecular complexity index is 349. The van der Waals surface area contributed by atoms with Gasteiger partial charge in [0.25, 0.3) is 0 Å². The number of nitrogens with one attached hydrogen (secondary N) is 2. The zero-order chi connectivity index (χ0) is 9.80. The van der Waals surface area contributed by atoms with Crippen LogP contribution in [0.1, 0.15) is 5.56 Å². The van der Waals surface area contributed by atoms with E-state index in [1.165, 1.54) is 5.56 Å². The monoisotopic (exact) mass is 207 g/mol. The number of nitrogens with zero attached hydrogens (tertiary/aromatic N) is 1. The van der Waals surface area contributed by atoms with Crippen LogP contribution in [0, 0.1) is 6.92 Å². The molecule has 1 aromatic rings. The zero-order valence-electron chi connectivity index (χ0n) is 8.08. The van der Waals surface area contributed by atoms with Crippen molar-refractivity contribution in [1.29, 1.82) is 0 Å². The molecular formula is C10H13N3S. The van der Waals surface area contributed by atoms with Crippen LogP contribution in [-0.4, -0.2) is 17.5 Å². The minimum absolute atomic E-state index is 0.919. The van der Waals surface area contributed by atoms with Crippen molar-refractivity contribution in [2.24, 2.45) is 4.99 Å². The number of rotatable bonds is 2. The third-order valence-electron chi connectivity index (χ3n) is 1.92. The molecular weight excluding hydrogens is 194 g/mol. The van der Waals surface area contributed by atoms with E-state index in [0.717, 1.165) is 23.2 Å². The van der Waals surface area contributed by atoms with Gasteiger partial charge in [-0.05, 0) is 24.6 Å². The van der Waals surface area contributed by atoms with Gasteiger partial charge in [-0.1, -0.05) is 23.9 Å². The normalized spacial score (nSPS) is 15.1. The van der Waals surface area contributed by atoms with Gasteiger partial charge in [0.1, 0.15) is 0 Å². The number of hydrazine groups is 1. The van der Waals surface area contributed by atoms with Crippen molar-refractivity contribution in [2.45, 2.75) is 6.92 Å². The maximum atomic E-state index is 4.28.